The van der Waals surface area contributed by atoms with E-state index in [9.17, 15) is 13.2 Å². The van der Waals surface area contributed by atoms with Crippen molar-refractivity contribution in [1.29, 1.82) is 0 Å². The number of nitrogens with one attached hydrogen (secondary N) is 1. The third-order valence-electron chi connectivity index (χ3n) is 5.12. The number of sulfonamides is 1. The Labute approximate surface area is 178 Å². The first-order chi connectivity index (χ1) is 14.5. The summed E-state index contributed by atoms with van der Waals surface area (Å²) in [6.45, 7) is 2.77. The van der Waals surface area contributed by atoms with E-state index in [1.807, 2.05) is 19.1 Å². The number of carbonyl (C=O) groups is 1. The van der Waals surface area contributed by atoms with Crippen molar-refractivity contribution in [2.75, 3.05) is 25.6 Å². The van der Waals surface area contributed by atoms with E-state index in [0.29, 0.717) is 36.8 Å². The zero-order chi connectivity index (χ0) is 21.6. The quantitative estimate of drug-likeness (QED) is 0.688. The van der Waals surface area contributed by atoms with E-state index in [-0.39, 0.29) is 23.3 Å². The second kappa shape index (κ2) is 9.95. The number of ether oxygens (including phenoxy) is 2. The highest BCUT2D eigenvalue weighted by Crippen LogP contribution is 2.29. The molecule has 1 unspecified atom stereocenters. The Morgan fingerprint density at radius 3 is 2.57 bits per heavy atom. The molecule has 1 heterocycles. The summed E-state index contributed by atoms with van der Waals surface area (Å²) in [6.07, 6.45) is 2.41. The smallest absolute Gasteiger partial charge is 0.243 e. The number of nitrogens with zero attached hydrogens (tertiary/aromatic N) is 1. The van der Waals surface area contributed by atoms with Crippen LogP contribution in [0.25, 0.3) is 0 Å². The molecule has 1 fully saturated rings. The molecule has 3 rings (SSSR count). The summed E-state index contributed by atoms with van der Waals surface area (Å²) in [7, 11) is -2.16. The Hall–Kier alpha value is -2.58. The predicted octanol–water partition coefficient (Wildman–Crippen LogP) is 3.67. The fourth-order valence-corrected chi connectivity index (χ4v) is 5.34. The van der Waals surface area contributed by atoms with Gasteiger partial charge in [0, 0.05) is 19.0 Å². The molecular formula is C22H28N2O5S. The molecule has 162 valence electrons. The summed E-state index contributed by atoms with van der Waals surface area (Å²) < 4.78 is 38.5. The minimum Gasteiger partial charge on any atom is -0.497 e. The van der Waals surface area contributed by atoms with Crippen molar-refractivity contribution in [3.8, 4) is 11.5 Å². The van der Waals surface area contributed by atoms with Crippen molar-refractivity contribution in [2.24, 2.45) is 0 Å². The largest absolute Gasteiger partial charge is 0.497 e. The number of piperidine rings is 1. The molecule has 1 aliphatic heterocycles. The van der Waals surface area contributed by atoms with Crippen LogP contribution in [0.2, 0.25) is 0 Å². The van der Waals surface area contributed by atoms with E-state index in [0.717, 1.165) is 12.8 Å². The summed E-state index contributed by atoms with van der Waals surface area (Å²) in [5.41, 5.74) is 0.588. The van der Waals surface area contributed by atoms with Gasteiger partial charge in [-0.25, -0.2) is 8.42 Å². The van der Waals surface area contributed by atoms with Crippen molar-refractivity contribution >= 4 is 21.6 Å². The Morgan fingerprint density at radius 1 is 1.13 bits per heavy atom. The van der Waals surface area contributed by atoms with Crippen LogP contribution in [0.3, 0.4) is 0 Å². The number of hydrogen-bond donors (Lipinski definition) is 1. The van der Waals surface area contributed by atoms with Gasteiger partial charge in [0.2, 0.25) is 15.9 Å². The first kappa shape index (κ1) is 22.1. The zero-order valence-corrected chi connectivity index (χ0v) is 18.2. The van der Waals surface area contributed by atoms with Gasteiger partial charge in [0.1, 0.15) is 11.5 Å². The number of methoxy groups -OCH3 is 1. The van der Waals surface area contributed by atoms with E-state index in [2.05, 4.69) is 5.32 Å². The van der Waals surface area contributed by atoms with Gasteiger partial charge in [-0.15, -0.1) is 0 Å². The highest BCUT2D eigenvalue weighted by Gasteiger charge is 2.34. The van der Waals surface area contributed by atoms with Crippen LogP contribution < -0.4 is 14.8 Å². The molecule has 30 heavy (non-hydrogen) atoms. The van der Waals surface area contributed by atoms with Crippen molar-refractivity contribution in [3.63, 3.8) is 0 Å². The molecule has 1 N–H and O–H groups in total. The molecule has 0 aliphatic carbocycles. The van der Waals surface area contributed by atoms with Crippen molar-refractivity contribution in [1.82, 2.24) is 4.31 Å². The van der Waals surface area contributed by atoms with Gasteiger partial charge in [0.15, 0.2) is 0 Å². The lowest BCUT2D eigenvalue weighted by Gasteiger charge is -2.34. The molecule has 1 saturated heterocycles. The monoisotopic (exact) mass is 432 g/mol. The molecule has 1 amide bonds. The molecule has 2 aromatic carbocycles. The molecular weight excluding hydrogens is 404 g/mol. The summed E-state index contributed by atoms with van der Waals surface area (Å²) in [4.78, 5) is 12.9. The van der Waals surface area contributed by atoms with E-state index < -0.39 is 10.0 Å². The maximum atomic E-state index is 13.2. The molecule has 0 spiro atoms. The number of benzene rings is 2. The van der Waals surface area contributed by atoms with Gasteiger partial charge in [-0.2, -0.15) is 4.31 Å². The number of hydrogen-bond acceptors (Lipinski definition) is 5. The topological polar surface area (TPSA) is 84.9 Å². The molecule has 0 saturated carbocycles. The molecule has 0 aromatic heterocycles. The lowest BCUT2D eigenvalue weighted by Crippen LogP contribution is -2.45. The number of rotatable bonds is 8. The third-order valence-corrected chi connectivity index (χ3v) is 7.09. The van der Waals surface area contributed by atoms with Crippen LogP contribution in [-0.2, 0) is 14.8 Å². The highest BCUT2D eigenvalue weighted by atomic mass is 32.2. The van der Waals surface area contributed by atoms with Gasteiger partial charge in [0.05, 0.1) is 24.3 Å². The van der Waals surface area contributed by atoms with Gasteiger partial charge in [-0.1, -0.05) is 18.6 Å². The first-order valence-electron chi connectivity index (χ1n) is 10.1. The standard InChI is InChI=1S/C22H28N2O5S/c1-3-29-21-10-5-4-9-20(21)23-22(25)16-17-8-6-7-15-24(17)30(26,27)19-13-11-18(28-2)12-14-19/h4-5,9-14,17H,3,6-8,15-16H2,1-2H3,(H,23,25). The average molecular weight is 433 g/mol. The zero-order valence-electron chi connectivity index (χ0n) is 17.3. The number of para-hydroxylation sites is 2. The lowest BCUT2D eigenvalue weighted by atomic mass is 10.0. The van der Waals surface area contributed by atoms with Gasteiger partial charge >= 0.3 is 0 Å². The predicted molar refractivity (Wildman–Crippen MR) is 115 cm³/mol. The summed E-state index contributed by atoms with van der Waals surface area (Å²) in [6, 6.07) is 13.2. The van der Waals surface area contributed by atoms with Crippen molar-refractivity contribution < 1.29 is 22.7 Å². The van der Waals surface area contributed by atoms with E-state index in [1.54, 1.807) is 24.3 Å². The van der Waals surface area contributed by atoms with E-state index >= 15 is 0 Å². The third kappa shape index (κ3) is 5.12. The van der Waals surface area contributed by atoms with E-state index in [4.69, 9.17) is 9.47 Å². The second-order valence-corrected chi connectivity index (χ2v) is 9.01. The van der Waals surface area contributed by atoms with Crippen LogP contribution in [0.15, 0.2) is 53.4 Å². The number of carbonyl (C=O) groups excluding carboxylic acids is 1. The fourth-order valence-electron chi connectivity index (χ4n) is 3.64. The van der Waals surface area contributed by atoms with Crippen LogP contribution in [0.1, 0.15) is 32.6 Å². The van der Waals surface area contributed by atoms with Crippen LogP contribution in [0.5, 0.6) is 11.5 Å². The second-order valence-electron chi connectivity index (χ2n) is 7.12. The SMILES string of the molecule is CCOc1ccccc1NC(=O)CC1CCCCN1S(=O)(=O)c1ccc(OC)cc1. The Kier molecular flexibility index (Phi) is 7.33. The molecule has 1 aliphatic rings. The molecule has 0 bridgehead atoms. The van der Waals surface area contributed by atoms with E-state index in [1.165, 1.54) is 23.5 Å². The molecule has 1 atom stereocenters. The van der Waals surface area contributed by atoms with Crippen LogP contribution in [0.4, 0.5) is 5.69 Å². The molecule has 7 nitrogen and oxygen atoms in total. The van der Waals surface area contributed by atoms with Gasteiger partial charge in [-0.3, -0.25) is 4.79 Å². The van der Waals surface area contributed by atoms with Crippen LogP contribution in [-0.4, -0.2) is 44.9 Å². The maximum absolute atomic E-state index is 13.2. The Morgan fingerprint density at radius 2 is 1.87 bits per heavy atom. The maximum Gasteiger partial charge on any atom is 0.243 e. The summed E-state index contributed by atoms with van der Waals surface area (Å²) >= 11 is 0. The lowest BCUT2D eigenvalue weighted by molar-refractivity contribution is -0.117. The van der Waals surface area contributed by atoms with Gasteiger partial charge < -0.3 is 14.8 Å². The van der Waals surface area contributed by atoms with Crippen molar-refractivity contribution in [3.05, 3.63) is 48.5 Å². The normalized spacial score (nSPS) is 17.3. The minimum atomic E-state index is -3.70. The number of anilines is 1. The summed E-state index contributed by atoms with van der Waals surface area (Å²) in [5, 5.41) is 2.87. The Balaban J connectivity index is 1.74. The fraction of sp³-hybridized carbons (Fsp3) is 0.409. The van der Waals surface area contributed by atoms with Gasteiger partial charge in [-0.05, 0) is 56.2 Å². The van der Waals surface area contributed by atoms with Crippen LogP contribution in [0, 0.1) is 0 Å². The Bertz CT molecular complexity index is 960. The minimum absolute atomic E-state index is 0.0931. The molecule has 2 aromatic rings. The van der Waals surface area contributed by atoms with Crippen molar-refractivity contribution in [2.45, 2.75) is 43.5 Å². The average Bonchev–Trinajstić information content (AvgIpc) is 2.75. The number of amides is 1. The molecule has 8 heteroatoms. The molecule has 0 radical (unpaired) electrons. The van der Waals surface area contributed by atoms with Crippen LogP contribution >= 0.6 is 0 Å². The van der Waals surface area contributed by atoms with Gasteiger partial charge in [0.25, 0.3) is 0 Å². The highest BCUT2D eigenvalue weighted by molar-refractivity contribution is 7.89. The summed E-state index contributed by atoms with van der Waals surface area (Å²) in [5.74, 6) is 0.958. The first-order valence-corrected chi connectivity index (χ1v) is 11.6.